The van der Waals surface area contributed by atoms with Crippen molar-refractivity contribution < 1.29 is 19.5 Å². The summed E-state index contributed by atoms with van der Waals surface area (Å²) in [6.45, 7) is 6.00. The Morgan fingerprint density at radius 1 is 1.20 bits per heavy atom. The second kappa shape index (κ2) is 8.50. The molecule has 1 aromatic rings. The van der Waals surface area contributed by atoms with Crippen LogP contribution in [0.1, 0.15) is 42.6 Å². The van der Waals surface area contributed by atoms with Gasteiger partial charge in [-0.25, -0.2) is 9.59 Å². The summed E-state index contributed by atoms with van der Waals surface area (Å²) in [6.07, 6.45) is 1.51. The van der Waals surface area contributed by atoms with Crippen LogP contribution >= 0.6 is 0 Å². The number of likely N-dealkylation sites (N-methyl/N-ethyl adjacent to an activating group) is 1. The van der Waals surface area contributed by atoms with Gasteiger partial charge in [0.2, 0.25) is 5.91 Å². The third-order valence-electron chi connectivity index (χ3n) is 4.52. The minimum atomic E-state index is -0.981. The monoisotopic (exact) mass is 347 g/mol. The number of rotatable bonds is 6. The van der Waals surface area contributed by atoms with E-state index in [1.165, 1.54) is 12.1 Å². The van der Waals surface area contributed by atoms with Gasteiger partial charge in [-0.15, -0.1) is 0 Å². The van der Waals surface area contributed by atoms with Crippen LogP contribution in [-0.2, 0) is 11.3 Å². The van der Waals surface area contributed by atoms with Gasteiger partial charge in [0.15, 0.2) is 0 Å². The molecule has 0 saturated carbocycles. The molecule has 2 N–H and O–H groups in total. The van der Waals surface area contributed by atoms with Crippen molar-refractivity contribution in [3.8, 4) is 0 Å². The number of carbonyl (C=O) groups excluding carboxylic acids is 2. The Bertz CT molecular complexity index is 626. The molecule has 2 rings (SSSR count). The molecule has 0 aromatic heterocycles. The van der Waals surface area contributed by atoms with E-state index in [4.69, 9.17) is 5.11 Å². The highest BCUT2D eigenvalue weighted by atomic mass is 16.4. The molecule has 1 heterocycles. The molecule has 7 nitrogen and oxygen atoms in total. The first-order valence-corrected chi connectivity index (χ1v) is 8.63. The largest absolute Gasteiger partial charge is 0.478 e. The SMILES string of the molecule is CCN(CC)C(=O)C1CCCN1C(=O)NCc1ccc(C(=O)O)cc1. The predicted molar refractivity (Wildman–Crippen MR) is 93.3 cm³/mol. The number of urea groups is 1. The van der Waals surface area contributed by atoms with Gasteiger partial charge in [-0.2, -0.15) is 0 Å². The van der Waals surface area contributed by atoms with Gasteiger partial charge in [-0.1, -0.05) is 12.1 Å². The average molecular weight is 347 g/mol. The fourth-order valence-electron chi connectivity index (χ4n) is 3.06. The summed E-state index contributed by atoms with van der Waals surface area (Å²) in [6, 6.07) is 5.71. The molecule has 25 heavy (non-hydrogen) atoms. The summed E-state index contributed by atoms with van der Waals surface area (Å²) in [5, 5.41) is 11.7. The van der Waals surface area contributed by atoms with Crippen LogP contribution < -0.4 is 5.32 Å². The molecule has 3 amide bonds. The summed E-state index contributed by atoms with van der Waals surface area (Å²) < 4.78 is 0. The van der Waals surface area contributed by atoms with Crippen LogP contribution in [0.3, 0.4) is 0 Å². The smallest absolute Gasteiger partial charge is 0.335 e. The lowest BCUT2D eigenvalue weighted by atomic mass is 10.1. The van der Waals surface area contributed by atoms with Crippen LogP contribution in [0, 0.1) is 0 Å². The van der Waals surface area contributed by atoms with Gasteiger partial charge >= 0.3 is 12.0 Å². The van der Waals surface area contributed by atoms with E-state index < -0.39 is 12.0 Å². The van der Waals surface area contributed by atoms with E-state index in [9.17, 15) is 14.4 Å². The van der Waals surface area contributed by atoms with Crippen LogP contribution in [0.4, 0.5) is 4.79 Å². The molecule has 1 saturated heterocycles. The second-order valence-corrected chi connectivity index (χ2v) is 6.02. The first-order valence-electron chi connectivity index (χ1n) is 8.63. The number of likely N-dealkylation sites (tertiary alicyclic amines) is 1. The molecule has 7 heteroatoms. The summed E-state index contributed by atoms with van der Waals surface area (Å²) in [4.78, 5) is 39.2. The Hall–Kier alpha value is -2.57. The molecule has 0 aliphatic carbocycles. The molecule has 1 fully saturated rings. The Labute approximate surface area is 147 Å². The number of nitrogens with zero attached hydrogens (tertiary/aromatic N) is 2. The van der Waals surface area contributed by atoms with Crippen molar-refractivity contribution in [2.45, 2.75) is 39.3 Å². The summed E-state index contributed by atoms with van der Waals surface area (Å²) >= 11 is 0. The molecule has 1 aliphatic rings. The maximum absolute atomic E-state index is 12.5. The van der Waals surface area contributed by atoms with Gasteiger partial charge < -0.3 is 20.2 Å². The maximum Gasteiger partial charge on any atom is 0.335 e. The summed E-state index contributed by atoms with van der Waals surface area (Å²) in [5.41, 5.74) is 1.02. The van der Waals surface area contributed by atoms with Gasteiger partial charge in [0.1, 0.15) is 6.04 Å². The van der Waals surface area contributed by atoms with E-state index in [0.29, 0.717) is 32.6 Å². The third-order valence-corrected chi connectivity index (χ3v) is 4.52. The molecule has 0 bridgehead atoms. The van der Waals surface area contributed by atoms with E-state index in [1.807, 2.05) is 13.8 Å². The zero-order chi connectivity index (χ0) is 18.4. The van der Waals surface area contributed by atoms with Crippen molar-refractivity contribution in [2.75, 3.05) is 19.6 Å². The van der Waals surface area contributed by atoms with E-state index in [-0.39, 0.29) is 17.5 Å². The van der Waals surface area contributed by atoms with Crippen LogP contribution in [0.15, 0.2) is 24.3 Å². The number of nitrogens with one attached hydrogen (secondary N) is 1. The number of aromatic carboxylic acids is 1. The van der Waals surface area contributed by atoms with Crippen molar-refractivity contribution in [1.82, 2.24) is 15.1 Å². The Balaban J connectivity index is 1.95. The standard InChI is InChI=1S/C18H25N3O4/c1-3-20(4-2)16(22)15-6-5-11-21(15)18(25)19-12-13-7-9-14(10-8-13)17(23)24/h7-10,15H,3-6,11-12H2,1-2H3,(H,19,25)(H,23,24). The van der Waals surface area contributed by atoms with Crippen molar-refractivity contribution in [3.63, 3.8) is 0 Å². The molecular formula is C18H25N3O4. The van der Waals surface area contributed by atoms with Crippen molar-refractivity contribution in [1.29, 1.82) is 0 Å². The van der Waals surface area contributed by atoms with Crippen molar-refractivity contribution in [2.24, 2.45) is 0 Å². The zero-order valence-electron chi connectivity index (χ0n) is 14.7. The number of hydrogen-bond acceptors (Lipinski definition) is 3. The fraction of sp³-hybridized carbons (Fsp3) is 0.500. The van der Waals surface area contributed by atoms with Gasteiger partial charge in [-0.05, 0) is 44.4 Å². The Morgan fingerprint density at radius 3 is 2.40 bits per heavy atom. The van der Waals surface area contributed by atoms with Gasteiger partial charge in [0.05, 0.1) is 5.56 Å². The quantitative estimate of drug-likeness (QED) is 0.823. The van der Waals surface area contributed by atoms with Crippen molar-refractivity contribution in [3.05, 3.63) is 35.4 Å². The van der Waals surface area contributed by atoms with Crippen molar-refractivity contribution >= 4 is 17.9 Å². The van der Waals surface area contributed by atoms with Crippen LogP contribution in [0.2, 0.25) is 0 Å². The lowest BCUT2D eigenvalue weighted by Gasteiger charge is -2.29. The normalized spacial score (nSPS) is 16.6. The lowest BCUT2D eigenvalue weighted by molar-refractivity contribution is -0.134. The van der Waals surface area contributed by atoms with Crippen LogP contribution in [-0.4, -0.2) is 58.5 Å². The molecule has 1 atom stereocenters. The lowest BCUT2D eigenvalue weighted by Crippen LogP contribution is -2.50. The third kappa shape index (κ3) is 4.49. The highest BCUT2D eigenvalue weighted by molar-refractivity contribution is 5.88. The number of hydrogen-bond donors (Lipinski definition) is 2. The molecule has 1 unspecified atom stereocenters. The molecule has 0 spiro atoms. The van der Waals surface area contributed by atoms with E-state index >= 15 is 0 Å². The number of benzene rings is 1. The number of carboxylic acids is 1. The maximum atomic E-state index is 12.5. The minimum absolute atomic E-state index is 0.00320. The molecule has 136 valence electrons. The van der Waals surface area contributed by atoms with E-state index in [0.717, 1.165) is 12.0 Å². The molecule has 1 aliphatic heterocycles. The summed E-state index contributed by atoms with van der Waals surface area (Å²) in [7, 11) is 0. The average Bonchev–Trinajstić information content (AvgIpc) is 3.10. The number of amides is 3. The van der Waals surface area contributed by atoms with Crippen LogP contribution in [0.5, 0.6) is 0 Å². The topological polar surface area (TPSA) is 90.0 Å². The number of carboxylic acid groups (broad SMARTS) is 1. The van der Waals surface area contributed by atoms with Gasteiger partial charge in [0, 0.05) is 26.2 Å². The number of carbonyl (C=O) groups is 3. The second-order valence-electron chi connectivity index (χ2n) is 6.02. The molecular weight excluding hydrogens is 322 g/mol. The van der Waals surface area contributed by atoms with Gasteiger partial charge in [0.25, 0.3) is 0 Å². The highest BCUT2D eigenvalue weighted by Crippen LogP contribution is 2.19. The van der Waals surface area contributed by atoms with Crippen LogP contribution in [0.25, 0.3) is 0 Å². The van der Waals surface area contributed by atoms with E-state index in [1.54, 1.807) is 21.9 Å². The minimum Gasteiger partial charge on any atom is -0.478 e. The first kappa shape index (κ1) is 18.8. The zero-order valence-corrected chi connectivity index (χ0v) is 14.7. The van der Waals surface area contributed by atoms with Gasteiger partial charge in [-0.3, -0.25) is 4.79 Å². The Kier molecular flexibility index (Phi) is 6.38. The summed E-state index contributed by atoms with van der Waals surface area (Å²) in [5.74, 6) is -0.978. The predicted octanol–water partition coefficient (Wildman–Crippen LogP) is 1.93. The van der Waals surface area contributed by atoms with E-state index in [2.05, 4.69) is 5.32 Å². The fourth-order valence-corrected chi connectivity index (χ4v) is 3.06. The highest BCUT2D eigenvalue weighted by Gasteiger charge is 2.35. The molecule has 0 radical (unpaired) electrons. The first-order chi connectivity index (χ1) is 12.0. The Morgan fingerprint density at radius 2 is 1.84 bits per heavy atom. The molecule has 1 aromatic carbocycles.